The first kappa shape index (κ1) is 24.3. The van der Waals surface area contributed by atoms with Crippen LogP contribution in [0.2, 0.25) is 5.02 Å². The summed E-state index contributed by atoms with van der Waals surface area (Å²) in [7, 11) is 5.96. The number of fused-ring (bicyclic) bond motifs is 1. The zero-order valence-corrected chi connectivity index (χ0v) is 20.4. The van der Waals surface area contributed by atoms with Crippen molar-refractivity contribution >= 4 is 29.1 Å². The van der Waals surface area contributed by atoms with E-state index in [1.54, 1.807) is 49.5 Å². The van der Waals surface area contributed by atoms with Gasteiger partial charge >= 0.3 is 0 Å². The number of benzene rings is 3. The summed E-state index contributed by atoms with van der Waals surface area (Å²) in [6, 6.07) is 13.1. The van der Waals surface area contributed by atoms with Gasteiger partial charge in [0.15, 0.2) is 11.5 Å². The lowest BCUT2D eigenvalue weighted by molar-refractivity contribution is -0.119. The highest BCUT2D eigenvalue weighted by atomic mass is 35.5. The number of carbonyl (C=O) groups is 2. The lowest BCUT2D eigenvalue weighted by atomic mass is 9.79. The number of anilines is 1. The Balaban J connectivity index is 1.87. The standard InChI is InChI=1S/C26H24ClFN2O5/c1-30-24(15-7-5-6-8-19(15)28)23(25(31)29-14-9-10-20(33-2)18(27)11-14)16-12-21(34-3)22(35-4)13-17(16)26(30)32/h5-13,23-24H,1-4H3,(H,29,31)/t23-,24+/m0/s1. The van der Waals surface area contributed by atoms with Gasteiger partial charge in [0.25, 0.3) is 5.91 Å². The van der Waals surface area contributed by atoms with Gasteiger partial charge in [-0.25, -0.2) is 4.39 Å². The van der Waals surface area contributed by atoms with Gasteiger partial charge in [-0.1, -0.05) is 29.8 Å². The van der Waals surface area contributed by atoms with Crippen molar-refractivity contribution in [3.8, 4) is 17.2 Å². The molecule has 0 fully saturated rings. The Morgan fingerprint density at radius 2 is 1.60 bits per heavy atom. The van der Waals surface area contributed by atoms with Gasteiger partial charge in [0.2, 0.25) is 5.91 Å². The summed E-state index contributed by atoms with van der Waals surface area (Å²) in [5.74, 6) is -1.16. The Kier molecular flexibility index (Phi) is 6.84. The third-order valence-corrected chi connectivity index (χ3v) is 6.40. The van der Waals surface area contributed by atoms with Gasteiger partial charge in [0.05, 0.1) is 38.3 Å². The van der Waals surface area contributed by atoms with Crippen molar-refractivity contribution in [3.63, 3.8) is 0 Å². The molecular formula is C26H24ClFN2O5. The molecule has 0 spiro atoms. The minimum absolute atomic E-state index is 0.219. The van der Waals surface area contributed by atoms with Crippen molar-refractivity contribution in [1.29, 1.82) is 0 Å². The minimum Gasteiger partial charge on any atom is -0.495 e. The molecule has 4 rings (SSSR count). The first-order valence-electron chi connectivity index (χ1n) is 10.7. The number of likely N-dealkylation sites (N-methyl/N-ethyl adjacent to an activating group) is 1. The Hall–Kier alpha value is -3.78. The summed E-state index contributed by atoms with van der Waals surface area (Å²) in [4.78, 5) is 28.5. The van der Waals surface area contributed by atoms with Crippen LogP contribution in [0.5, 0.6) is 17.2 Å². The maximum Gasteiger partial charge on any atom is 0.254 e. The molecule has 35 heavy (non-hydrogen) atoms. The van der Waals surface area contributed by atoms with E-state index in [0.717, 1.165) is 0 Å². The van der Waals surface area contributed by atoms with E-state index in [-0.39, 0.29) is 17.0 Å². The molecule has 1 heterocycles. The average Bonchev–Trinajstić information content (AvgIpc) is 2.85. The van der Waals surface area contributed by atoms with E-state index in [1.165, 1.54) is 38.4 Å². The predicted octanol–water partition coefficient (Wildman–Crippen LogP) is 5.05. The molecule has 2 amide bonds. The highest BCUT2D eigenvalue weighted by molar-refractivity contribution is 6.32. The number of methoxy groups -OCH3 is 3. The lowest BCUT2D eigenvalue weighted by Crippen LogP contribution is -2.44. The molecule has 7 nitrogen and oxygen atoms in total. The molecule has 2 atom stereocenters. The number of amides is 2. The van der Waals surface area contributed by atoms with Crippen molar-refractivity contribution in [2.24, 2.45) is 0 Å². The van der Waals surface area contributed by atoms with E-state index >= 15 is 0 Å². The molecule has 1 aliphatic heterocycles. The van der Waals surface area contributed by atoms with Gasteiger partial charge in [0.1, 0.15) is 11.6 Å². The normalized spacial score (nSPS) is 17.0. The van der Waals surface area contributed by atoms with Crippen LogP contribution < -0.4 is 19.5 Å². The highest BCUT2D eigenvalue weighted by Crippen LogP contribution is 2.46. The van der Waals surface area contributed by atoms with E-state index in [0.29, 0.717) is 33.5 Å². The number of ether oxygens (including phenoxy) is 3. The van der Waals surface area contributed by atoms with Gasteiger partial charge in [-0.05, 0) is 42.0 Å². The fourth-order valence-electron chi connectivity index (χ4n) is 4.40. The summed E-state index contributed by atoms with van der Waals surface area (Å²) in [6.45, 7) is 0. The maximum atomic E-state index is 15.0. The molecule has 0 aromatic heterocycles. The molecule has 0 saturated heterocycles. The van der Waals surface area contributed by atoms with Crippen molar-refractivity contribution in [3.05, 3.63) is 82.1 Å². The van der Waals surface area contributed by atoms with Crippen LogP contribution in [0.3, 0.4) is 0 Å². The Bertz CT molecular complexity index is 1300. The quantitative estimate of drug-likeness (QED) is 0.514. The van der Waals surface area contributed by atoms with Crippen molar-refractivity contribution in [2.45, 2.75) is 12.0 Å². The van der Waals surface area contributed by atoms with E-state index < -0.39 is 23.7 Å². The number of hydrogen-bond donors (Lipinski definition) is 1. The Morgan fingerprint density at radius 1 is 0.943 bits per heavy atom. The number of rotatable bonds is 6. The molecule has 3 aromatic rings. The molecule has 182 valence electrons. The van der Waals surface area contributed by atoms with E-state index in [4.69, 9.17) is 25.8 Å². The third kappa shape index (κ3) is 4.37. The second kappa shape index (κ2) is 9.84. The fraction of sp³-hybridized carbons (Fsp3) is 0.231. The topological polar surface area (TPSA) is 77.1 Å². The molecule has 3 aromatic carbocycles. The van der Waals surface area contributed by atoms with Crippen LogP contribution in [0.1, 0.15) is 33.4 Å². The molecular weight excluding hydrogens is 475 g/mol. The van der Waals surface area contributed by atoms with Crippen LogP contribution in [0, 0.1) is 5.82 Å². The van der Waals surface area contributed by atoms with Crippen LogP contribution in [0.15, 0.2) is 54.6 Å². The number of hydrogen-bond acceptors (Lipinski definition) is 5. The van der Waals surface area contributed by atoms with Gasteiger partial charge in [0, 0.05) is 23.9 Å². The minimum atomic E-state index is -0.967. The molecule has 1 N–H and O–H groups in total. The first-order valence-corrected chi connectivity index (χ1v) is 11.1. The zero-order valence-electron chi connectivity index (χ0n) is 19.6. The van der Waals surface area contributed by atoms with Crippen molar-refractivity contribution in [1.82, 2.24) is 4.90 Å². The molecule has 0 bridgehead atoms. The second-order valence-electron chi connectivity index (χ2n) is 7.99. The predicted molar refractivity (Wildman–Crippen MR) is 130 cm³/mol. The Morgan fingerprint density at radius 3 is 2.23 bits per heavy atom. The first-order chi connectivity index (χ1) is 16.8. The SMILES string of the molecule is COc1ccc(NC(=O)[C@H]2c3cc(OC)c(OC)cc3C(=O)N(C)[C@@H]2c2ccccc2F)cc1Cl. The second-order valence-corrected chi connectivity index (χ2v) is 8.40. The Labute approximate surface area is 207 Å². The average molecular weight is 499 g/mol. The molecule has 0 radical (unpaired) electrons. The van der Waals surface area contributed by atoms with E-state index in [9.17, 15) is 14.0 Å². The zero-order chi connectivity index (χ0) is 25.3. The number of nitrogens with zero attached hydrogens (tertiary/aromatic N) is 1. The van der Waals surface area contributed by atoms with E-state index in [2.05, 4.69) is 5.32 Å². The van der Waals surface area contributed by atoms with E-state index in [1.807, 2.05) is 0 Å². The van der Waals surface area contributed by atoms with Gasteiger partial charge in [-0.3, -0.25) is 9.59 Å². The van der Waals surface area contributed by atoms with Gasteiger partial charge < -0.3 is 24.4 Å². The van der Waals surface area contributed by atoms with Crippen LogP contribution in [0.25, 0.3) is 0 Å². The van der Waals surface area contributed by atoms with Crippen LogP contribution in [0.4, 0.5) is 10.1 Å². The summed E-state index contributed by atoms with van der Waals surface area (Å²) >= 11 is 6.23. The molecule has 0 aliphatic carbocycles. The van der Waals surface area contributed by atoms with Gasteiger partial charge in [-0.2, -0.15) is 0 Å². The third-order valence-electron chi connectivity index (χ3n) is 6.10. The number of nitrogens with one attached hydrogen (secondary N) is 1. The molecule has 1 aliphatic rings. The summed E-state index contributed by atoms with van der Waals surface area (Å²) < 4.78 is 30.9. The van der Waals surface area contributed by atoms with Crippen molar-refractivity contribution < 1.29 is 28.2 Å². The van der Waals surface area contributed by atoms with Crippen LogP contribution in [-0.2, 0) is 4.79 Å². The maximum absolute atomic E-state index is 15.0. The number of halogens is 2. The highest BCUT2D eigenvalue weighted by Gasteiger charge is 2.44. The fourth-order valence-corrected chi connectivity index (χ4v) is 4.66. The number of carbonyl (C=O) groups excluding carboxylic acids is 2. The molecule has 0 unspecified atom stereocenters. The van der Waals surface area contributed by atoms with Gasteiger partial charge in [-0.15, -0.1) is 0 Å². The smallest absolute Gasteiger partial charge is 0.254 e. The monoisotopic (exact) mass is 498 g/mol. The summed E-state index contributed by atoms with van der Waals surface area (Å²) in [6.07, 6.45) is 0. The molecule has 9 heteroatoms. The van der Waals surface area contributed by atoms with Crippen LogP contribution in [-0.4, -0.2) is 45.1 Å². The largest absolute Gasteiger partial charge is 0.495 e. The summed E-state index contributed by atoms with van der Waals surface area (Å²) in [5.41, 5.74) is 1.31. The lowest BCUT2D eigenvalue weighted by Gasteiger charge is -2.40. The molecule has 0 saturated carbocycles. The van der Waals surface area contributed by atoms with Crippen LogP contribution >= 0.6 is 11.6 Å². The summed E-state index contributed by atoms with van der Waals surface area (Å²) in [5, 5.41) is 3.17. The van der Waals surface area contributed by atoms with Crippen molar-refractivity contribution in [2.75, 3.05) is 33.7 Å².